The van der Waals surface area contributed by atoms with Crippen molar-refractivity contribution >= 4 is 16.8 Å². The summed E-state index contributed by atoms with van der Waals surface area (Å²) in [5, 5.41) is 4.13. The summed E-state index contributed by atoms with van der Waals surface area (Å²) in [5.41, 5.74) is 5.32. The summed E-state index contributed by atoms with van der Waals surface area (Å²) in [6.45, 7) is 1.40. The van der Waals surface area contributed by atoms with Crippen molar-refractivity contribution in [1.82, 2.24) is 9.88 Å². The second kappa shape index (κ2) is 13.9. The molecular weight excluding hydrogens is 564 g/mol. The number of hydrogen-bond acceptors (Lipinski definition) is 5. The Labute approximate surface area is 263 Å². The fraction of sp³-hybridized carbons (Fsp3) is 0.184. The van der Waals surface area contributed by atoms with Crippen molar-refractivity contribution in [2.75, 3.05) is 14.2 Å². The Morgan fingerprint density at radius 2 is 1.62 bits per heavy atom. The highest BCUT2D eigenvalue weighted by atomic mass is 16.5. The van der Waals surface area contributed by atoms with E-state index in [0.29, 0.717) is 37.0 Å². The maximum absolute atomic E-state index is 13.5. The molecule has 0 saturated carbocycles. The van der Waals surface area contributed by atoms with Crippen molar-refractivity contribution in [3.05, 3.63) is 150 Å². The second-order valence-electron chi connectivity index (χ2n) is 10.9. The van der Waals surface area contributed by atoms with Crippen LogP contribution in [0.4, 0.5) is 0 Å². The van der Waals surface area contributed by atoms with Crippen molar-refractivity contribution in [3.8, 4) is 17.2 Å². The zero-order valence-electron chi connectivity index (χ0n) is 25.4. The second-order valence-corrected chi connectivity index (χ2v) is 10.9. The summed E-state index contributed by atoms with van der Waals surface area (Å²) in [7, 11) is 3.31. The van der Waals surface area contributed by atoms with E-state index in [1.54, 1.807) is 20.5 Å². The minimum absolute atomic E-state index is 0.0778. The van der Waals surface area contributed by atoms with Crippen molar-refractivity contribution in [2.45, 2.75) is 32.0 Å². The number of para-hydroxylation sites is 1. The van der Waals surface area contributed by atoms with Crippen LogP contribution in [0, 0.1) is 0 Å². The van der Waals surface area contributed by atoms with Gasteiger partial charge in [0.15, 0.2) is 11.5 Å². The Morgan fingerprint density at radius 1 is 0.822 bits per heavy atom. The highest BCUT2D eigenvalue weighted by Crippen LogP contribution is 2.39. The quantitative estimate of drug-likeness (QED) is 0.147. The molecular formula is C38H36N2O5. The molecule has 7 nitrogen and oxygen atoms in total. The number of fused-ring (bicyclic) bond motifs is 1. The average Bonchev–Trinajstić information content (AvgIpc) is 3.74. The van der Waals surface area contributed by atoms with E-state index in [9.17, 15) is 4.79 Å². The van der Waals surface area contributed by atoms with Gasteiger partial charge < -0.3 is 28.5 Å². The summed E-state index contributed by atoms with van der Waals surface area (Å²) in [6, 6.07) is 36.1. The molecule has 0 aliphatic carbocycles. The molecule has 6 aromatic rings. The van der Waals surface area contributed by atoms with Gasteiger partial charge in [-0.05, 0) is 64.7 Å². The zero-order chi connectivity index (χ0) is 31.0. The molecule has 0 fully saturated rings. The number of carbonyl (C=O) groups is 1. The van der Waals surface area contributed by atoms with Crippen LogP contribution in [-0.2, 0) is 24.5 Å². The van der Waals surface area contributed by atoms with E-state index in [1.165, 1.54) is 0 Å². The monoisotopic (exact) mass is 600 g/mol. The van der Waals surface area contributed by atoms with E-state index < -0.39 is 0 Å². The molecule has 2 aromatic heterocycles. The molecule has 1 atom stereocenters. The fourth-order valence-electron chi connectivity index (χ4n) is 5.63. The Hall–Kier alpha value is -5.43. The van der Waals surface area contributed by atoms with E-state index >= 15 is 0 Å². The molecule has 6 rings (SSSR count). The first kappa shape index (κ1) is 29.6. The van der Waals surface area contributed by atoms with Gasteiger partial charge in [0, 0.05) is 36.0 Å². The number of benzene rings is 4. The number of ether oxygens (including phenoxy) is 3. The molecule has 0 aliphatic heterocycles. The van der Waals surface area contributed by atoms with E-state index in [4.69, 9.17) is 18.6 Å². The molecule has 0 radical (unpaired) electrons. The normalized spacial score (nSPS) is 11.7. The molecule has 0 spiro atoms. The molecule has 4 aromatic carbocycles. The van der Waals surface area contributed by atoms with Gasteiger partial charge in [0.1, 0.15) is 18.1 Å². The van der Waals surface area contributed by atoms with Crippen molar-refractivity contribution < 1.29 is 23.4 Å². The first-order valence-electron chi connectivity index (χ1n) is 15.0. The molecule has 1 amide bonds. The number of methoxy groups -OCH3 is 2. The Morgan fingerprint density at radius 3 is 2.38 bits per heavy atom. The Balaban J connectivity index is 1.37. The van der Waals surface area contributed by atoms with E-state index in [0.717, 1.165) is 38.9 Å². The Bertz CT molecular complexity index is 1840. The van der Waals surface area contributed by atoms with Crippen molar-refractivity contribution in [1.29, 1.82) is 0 Å². The van der Waals surface area contributed by atoms with E-state index in [-0.39, 0.29) is 18.2 Å². The van der Waals surface area contributed by atoms with Crippen LogP contribution >= 0.6 is 0 Å². The molecule has 228 valence electrons. The number of furan rings is 1. The number of amides is 1. The maximum Gasteiger partial charge on any atom is 0.221 e. The van der Waals surface area contributed by atoms with Gasteiger partial charge in [0.25, 0.3) is 0 Å². The van der Waals surface area contributed by atoms with Gasteiger partial charge in [-0.2, -0.15) is 0 Å². The highest BCUT2D eigenvalue weighted by molar-refractivity contribution is 5.87. The SMILES string of the molecule is COc1ccc(Cn2cc([C@H](CC(=O)NCc3ccco3)c3ccc(OC)c(OCc4ccccc4)c3)c3ccccc32)cc1. The van der Waals surface area contributed by atoms with Crippen LogP contribution in [0.2, 0.25) is 0 Å². The van der Waals surface area contributed by atoms with Crippen LogP contribution in [-0.4, -0.2) is 24.7 Å². The number of rotatable bonds is 13. The van der Waals surface area contributed by atoms with Crippen LogP contribution < -0.4 is 19.5 Å². The fourth-order valence-corrected chi connectivity index (χ4v) is 5.63. The molecule has 7 heteroatoms. The van der Waals surface area contributed by atoms with Gasteiger partial charge in [0.05, 0.1) is 27.0 Å². The van der Waals surface area contributed by atoms with Crippen LogP contribution in [0.5, 0.6) is 17.2 Å². The number of carbonyl (C=O) groups excluding carboxylic acids is 1. The first-order valence-corrected chi connectivity index (χ1v) is 15.0. The smallest absolute Gasteiger partial charge is 0.221 e. The number of nitrogens with one attached hydrogen (secondary N) is 1. The molecule has 0 unspecified atom stereocenters. The first-order chi connectivity index (χ1) is 22.1. The van der Waals surface area contributed by atoms with Gasteiger partial charge in [-0.3, -0.25) is 4.79 Å². The van der Waals surface area contributed by atoms with Gasteiger partial charge >= 0.3 is 0 Å². The minimum atomic E-state index is -0.256. The summed E-state index contributed by atoms with van der Waals surface area (Å²) in [6.07, 6.45) is 4.02. The molecule has 1 N–H and O–H groups in total. The Kier molecular flexibility index (Phi) is 9.16. The minimum Gasteiger partial charge on any atom is -0.497 e. The molecule has 2 heterocycles. The van der Waals surface area contributed by atoms with Crippen molar-refractivity contribution in [2.24, 2.45) is 0 Å². The van der Waals surface area contributed by atoms with Crippen LogP contribution in [0.25, 0.3) is 10.9 Å². The maximum atomic E-state index is 13.5. The third-order valence-electron chi connectivity index (χ3n) is 7.96. The summed E-state index contributed by atoms with van der Waals surface area (Å²) in [4.78, 5) is 13.5. The van der Waals surface area contributed by atoms with Crippen LogP contribution in [0.3, 0.4) is 0 Å². The molecule has 0 saturated heterocycles. The molecule has 45 heavy (non-hydrogen) atoms. The number of nitrogens with zero attached hydrogens (tertiary/aromatic N) is 1. The topological polar surface area (TPSA) is 74.9 Å². The third kappa shape index (κ3) is 7.04. The van der Waals surface area contributed by atoms with Crippen LogP contribution in [0.1, 0.15) is 40.4 Å². The largest absolute Gasteiger partial charge is 0.497 e. The molecule has 0 aliphatic rings. The summed E-state index contributed by atoms with van der Waals surface area (Å²) < 4.78 is 25.0. The lowest BCUT2D eigenvalue weighted by Crippen LogP contribution is -2.24. The standard InChI is InChI=1S/C38H36N2O5/c1-42-30-17-14-27(15-18-30)24-40-25-34(32-12-6-7-13-35(32)40)33(22-38(41)39-23-31-11-8-20-44-31)29-16-19-36(43-2)37(21-29)45-26-28-9-4-3-5-10-28/h3-21,25,33H,22-24,26H2,1-2H3,(H,39,41)/t33-/m1/s1. The highest BCUT2D eigenvalue weighted by Gasteiger charge is 2.24. The average molecular weight is 601 g/mol. The summed E-state index contributed by atoms with van der Waals surface area (Å²) in [5.74, 6) is 2.46. The lowest BCUT2D eigenvalue weighted by molar-refractivity contribution is -0.121. The number of aromatic nitrogens is 1. The summed E-state index contributed by atoms with van der Waals surface area (Å²) >= 11 is 0. The van der Waals surface area contributed by atoms with Crippen molar-refractivity contribution in [3.63, 3.8) is 0 Å². The third-order valence-corrected chi connectivity index (χ3v) is 7.96. The van der Waals surface area contributed by atoms with Gasteiger partial charge in [-0.25, -0.2) is 0 Å². The number of hydrogen-bond donors (Lipinski definition) is 1. The van der Waals surface area contributed by atoms with E-state index in [1.807, 2.05) is 84.9 Å². The zero-order valence-corrected chi connectivity index (χ0v) is 25.4. The predicted molar refractivity (Wildman–Crippen MR) is 175 cm³/mol. The molecule has 0 bridgehead atoms. The van der Waals surface area contributed by atoms with Gasteiger partial charge in [0.2, 0.25) is 5.91 Å². The van der Waals surface area contributed by atoms with Gasteiger partial charge in [-0.1, -0.05) is 66.7 Å². The van der Waals surface area contributed by atoms with Gasteiger partial charge in [-0.15, -0.1) is 0 Å². The van der Waals surface area contributed by atoms with E-state index in [2.05, 4.69) is 40.3 Å². The predicted octanol–water partition coefficient (Wildman–Crippen LogP) is 7.72. The van der Waals surface area contributed by atoms with Crippen LogP contribution in [0.15, 0.2) is 126 Å². The lowest BCUT2D eigenvalue weighted by Gasteiger charge is -2.20. The lowest BCUT2D eigenvalue weighted by atomic mass is 9.87.